The summed E-state index contributed by atoms with van der Waals surface area (Å²) in [6.07, 6.45) is 3.19. The fourth-order valence-electron chi connectivity index (χ4n) is 2.02. The zero-order valence-electron chi connectivity index (χ0n) is 11.6. The van der Waals surface area contributed by atoms with Crippen molar-refractivity contribution in [2.24, 2.45) is 0 Å². The number of aliphatic carboxylic acids is 1. The molecule has 19 heavy (non-hydrogen) atoms. The first-order valence-corrected chi connectivity index (χ1v) is 8.79. The van der Waals surface area contributed by atoms with Gasteiger partial charge in [0.1, 0.15) is 0 Å². The third-order valence-electron chi connectivity index (χ3n) is 3.61. The van der Waals surface area contributed by atoms with Gasteiger partial charge in [-0.25, -0.2) is 4.79 Å². The Labute approximate surface area is 123 Å². The minimum atomic E-state index is -0.797. The topological polar surface area (TPSA) is 62.4 Å². The van der Waals surface area contributed by atoms with Crippen LogP contribution in [-0.4, -0.2) is 51.1 Å². The van der Waals surface area contributed by atoms with Gasteiger partial charge >= 0.3 is 5.97 Å². The second-order valence-electron chi connectivity index (χ2n) is 5.12. The number of thioether (sulfide) groups is 2. The van der Waals surface area contributed by atoms with Crippen molar-refractivity contribution in [1.29, 1.82) is 0 Å². The molecular weight excluding hydrogens is 284 g/mol. The smallest absolute Gasteiger partial charge is 0.329 e. The van der Waals surface area contributed by atoms with Gasteiger partial charge in [-0.3, -0.25) is 0 Å². The van der Waals surface area contributed by atoms with Crippen LogP contribution in [0.1, 0.15) is 33.6 Å². The average molecular weight is 306 g/mol. The predicted molar refractivity (Wildman–Crippen MR) is 78.9 cm³/mol. The molecule has 2 saturated heterocycles. The Balaban J connectivity index is 1.75. The number of hydrogen-bond donors (Lipinski definition) is 1. The normalized spacial score (nSPS) is 35.7. The molecule has 0 bridgehead atoms. The quantitative estimate of drug-likeness (QED) is 0.522. The molecule has 2 heterocycles. The third-order valence-corrected chi connectivity index (χ3v) is 6.76. The van der Waals surface area contributed by atoms with Crippen LogP contribution in [0, 0.1) is 0 Å². The van der Waals surface area contributed by atoms with E-state index in [0.29, 0.717) is 12.2 Å². The molecule has 0 aromatic heterocycles. The van der Waals surface area contributed by atoms with Gasteiger partial charge in [0.15, 0.2) is 4.08 Å². The van der Waals surface area contributed by atoms with Gasteiger partial charge in [0.25, 0.3) is 0 Å². The standard InChI is InChI=1S/C13H22O4S2/c1-4-8-10(16-8)6-18-13(3,12(14)15)19-7-11-9(5-2)17-11/h8-11H,4-7H2,1-3H3,(H,14,15). The summed E-state index contributed by atoms with van der Waals surface area (Å²) in [5.41, 5.74) is 0. The lowest BCUT2D eigenvalue weighted by atomic mass is 10.3. The number of carbonyl (C=O) groups is 1. The van der Waals surface area contributed by atoms with Crippen molar-refractivity contribution in [1.82, 2.24) is 0 Å². The summed E-state index contributed by atoms with van der Waals surface area (Å²) >= 11 is 2.97. The van der Waals surface area contributed by atoms with Crippen LogP contribution in [0.25, 0.3) is 0 Å². The van der Waals surface area contributed by atoms with Gasteiger partial charge in [-0.15, -0.1) is 23.5 Å². The van der Waals surface area contributed by atoms with Crippen LogP contribution in [0.2, 0.25) is 0 Å². The van der Waals surface area contributed by atoms with Gasteiger partial charge < -0.3 is 14.6 Å². The van der Waals surface area contributed by atoms with E-state index in [0.717, 1.165) is 24.3 Å². The van der Waals surface area contributed by atoms with E-state index in [1.165, 1.54) is 23.5 Å². The number of hydrogen-bond acceptors (Lipinski definition) is 5. The summed E-state index contributed by atoms with van der Waals surface area (Å²) in [5.74, 6) is 0.763. The molecule has 2 aliphatic rings. The zero-order chi connectivity index (χ0) is 14.0. The second-order valence-corrected chi connectivity index (χ2v) is 8.25. The molecule has 1 N–H and O–H groups in total. The Morgan fingerprint density at radius 1 is 1.05 bits per heavy atom. The van der Waals surface area contributed by atoms with E-state index in [1.54, 1.807) is 6.92 Å². The predicted octanol–water partition coefficient (Wildman–Crippen LogP) is 2.61. The lowest BCUT2D eigenvalue weighted by Gasteiger charge is -2.23. The maximum absolute atomic E-state index is 11.5. The number of carboxylic acids is 1. The molecule has 4 atom stereocenters. The van der Waals surface area contributed by atoms with Crippen molar-refractivity contribution in [3.8, 4) is 0 Å². The average Bonchev–Trinajstić information content (AvgIpc) is 3.27. The fourth-order valence-corrected chi connectivity index (χ4v) is 4.56. The van der Waals surface area contributed by atoms with Gasteiger partial charge in [-0.1, -0.05) is 13.8 Å². The molecule has 2 fully saturated rings. The molecule has 110 valence electrons. The Morgan fingerprint density at radius 3 is 1.74 bits per heavy atom. The summed E-state index contributed by atoms with van der Waals surface area (Å²) in [4.78, 5) is 11.5. The summed E-state index contributed by atoms with van der Waals surface area (Å²) in [6, 6.07) is 0. The summed E-state index contributed by atoms with van der Waals surface area (Å²) in [6.45, 7) is 5.98. The molecule has 6 heteroatoms. The molecule has 0 saturated carbocycles. The van der Waals surface area contributed by atoms with Crippen molar-refractivity contribution in [2.75, 3.05) is 11.5 Å². The van der Waals surface area contributed by atoms with Crippen LogP contribution in [0.3, 0.4) is 0 Å². The van der Waals surface area contributed by atoms with E-state index in [9.17, 15) is 9.90 Å². The highest BCUT2D eigenvalue weighted by Crippen LogP contribution is 2.43. The van der Waals surface area contributed by atoms with Crippen molar-refractivity contribution in [3.63, 3.8) is 0 Å². The van der Waals surface area contributed by atoms with Gasteiger partial charge in [0, 0.05) is 11.5 Å². The highest BCUT2D eigenvalue weighted by molar-refractivity contribution is 8.19. The van der Waals surface area contributed by atoms with Crippen molar-refractivity contribution < 1.29 is 19.4 Å². The van der Waals surface area contributed by atoms with Crippen molar-refractivity contribution >= 4 is 29.5 Å². The van der Waals surface area contributed by atoms with E-state index >= 15 is 0 Å². The number of carboxylic acid groups (broad SMARTS) is 1. The third kappa shape index (κ3) is 4.03. The maximum Gasteiger partial charge on any atom is 0.329 e. The highest BCUT2D eigenvalue weighted by Gasteiger charge is 2.44. The largest absolute Gasteiger partial charge is 0.480 e. The Hall–Kier alpha value is 0.0900. The first kappa shape index (κ1) is 15.5. The van der Waals surface area contributed by atoms with E-state index in [4.69, 9.17) is 9.47 Å². The molecule has 0 radical (unpaired) electrons. The SMILES string of the molecule is CCC1OC1CSC(C)(SCC1OC1CC)C(=O)O. The van der Waals surface area contributed by atoms with E-state index in [1.807, 2.05) is 0 Å². The van der Waals surface area contributed by atoms with Gasteiger partial charge in [0.05, 0.1) is 24.4 Å². The van der Waals surface area contributed by atoms with Crippen LogP contribution < -0.4 is 0 Å². The Kier molecular flexibility index (Phi) is 5.09. The molecule has 0 amide bonds. The number of epoxide rings is 2. The van der Waals surface area contributed by atoms with Crippen LogP contribution >= 0.6 is 23.5 Å². The van der Waals surface area contributed by atoms with Gasteiger partial charge in [-0.2, -0.15) is 0 Å². The minimum Gasteiger partial charge on any atom is -0.480 e. The highest BCUT2D eigenvalue weighted by atomic mass is 32.2. The lowest BCUT2D eigenvalue weighted by Crippen LogP contribution is -2.29. The zero-order valence-corrected chi connectivity index (χ0v) is 13.3. The monoisotopic (exact) mass is 306 g/mol. The van der Waals surface area contributed by atoms with Gasteiger partial charge in [-0.05, 0) is 19.8 Å². The summed E-state index contributed by atoms with van der Waals surface area (Å²) < 4.78 is 10.1. The maximum atomic E-state index is 11.5. The second kappa shape index (κ2) is 6.24. The van der Waals surface area contributed by atoms with E-state index in [-0.39, 0.29) is 12.2 Å². The molecular formula is C13H22O4S2. The van der Waals surface area contributed by atoms with Crippen molar-refractivity contribution in [2.45, 2.75) is 62.1 Å². The first-order chi connectivity index (χ1) is 9.00. The van der Waals surface area contributed by atoms with E-state index < -0.39 is 10.0 Å². The van der Waals surface area contributed by atoms with Crippen LogP contribution in [0.4, 0.5) is 0 Å². The molecule has 4 nitrogen and oxygen atoms in total. The van der Waals surface area contributed by atoms with Crippen molar-refractivity contribution in [3.05, 3.63) is 0 Å². The summed E-state index contributed by atoms with van der Waals surface area (Å²) in [5, 5.41) is 9.42. The lowest BCUT2D eigenvalue weighted by molar-refractivity contribution is -0.136. The molecule has 4 unspecified atom stereocenters. The Morgan fingerprint density at radius 2 is 1.47 bits per heavy atom. The number of ether oxygens (including phenoxy) is 2. The summed E-state index contributed by atoms with van der Waals surface area (Å²) in [7, 11) is 0. The number of rotatable bonds is 9. The van der Waals surface area contributed by atoms with E-state index in [2.05, 4.69) is 13.8 Å². The molecule has 2 rings (SSSR count). The molecule has 0 aromatic rings. The van der Waals surface area contributed by atoms with Crippen LogP contribution in [0.15, 0.2) is 0 Å². The first-order valence-electron chi connectivity index (χ1n) is 6.82. The Bertz CT molecular complexity index is 315. The van der Waals surface area contributed by atoms with Gasteiger partial charge in [0.2, 0.25) is 0 Å². The van der Waals surface area contributed by atoms with Crippen LogP contribution in [-0.2, 0) is 14.3 Å². The minimum absolute atomic E-state index is 0.245. The van der Waals surface area contributed by atoms with Crippen LogP contribution in [0.5, 0.6) is 0 Å². The molecule has 0 aliphatic carbocycles. The fraction of sp³-hybridized carbons (Fsp3) is 0.923. The molecule has 2 aliphatic heterocycles. The molecule has 0 aromatic carbocycles. The molecule has 0 spiro atoms.